The summed E-state index contributed by atoms with van der Waals surface area (Å²) in [6, 6.07) is 10.3. The van der Waals surface area contributed by atoms with Gasteiger partial charge in [-0.3, -0.25) is 0 Å². The SMILES string of the molecule is CCc1nsc(-c2ccccc2)c1Br. The van der Waals surface area contributed by atoms with Crippen molar-refractivity contribution in [2.45, 2.75) is 13.3 Å². The quantitative estimate of drug-likeness (QED) is 0.797. The van der Waals surface area contributed by atoms with Crippen molar-refractivity contribution in [2.24, 2.45) is 0 Å². The van der Waals surface area contributed by atoms with Crippen LogP contribution in [0.1, 0.15) is 12.6 Å². The summed E-state index contributed by atoms with van der Waals surface area (Å²) in [6.45, 7) is 2.12. The maximum Gasteiger partial charge on any atom is 0.0695 e. The highest BCUT2D eigenvalue weighted by Gasteiger charge is 2.10. The molecule has 14 heavy (non-hydrogen) atoms. The average Bonchev–Trinajstić information content (AvgIpc) is 2.61. The smallest absolute Gasteiger partial charge is 0.0695 e. The van der Waals surface area contributed by atoms with Crippen LogP contribution in [0.15, 0.2) is 34.8 Å². The molecule has 0 amide bonds. The molecule has 1 aromatic carbocycles. The number of halogens is 1. The first-order valence-electron chi connectivity index (χ1n) is 4.52. The van der Waals surface area contributed by atoms with Gasteiger partial charge in [-0.1, -0.05) is 37.3 Å². The highest BCUT2D eigenvalue weighted by Crippen LogP contribution is 2.34. The zero-order chi connectivity index (χ0) is 9.97. The van der Waals surface area contributed by atoms with Crippen molar-refractivity contribution in [2.75, 3.05) is 0 Å². The summed E-state index contributed by atoms with van der Waals surface area (Å²) in [6.07, 6.45) is 0.976. The lowest BCUT2D eigenvalue weighted by molar-refractivity contribution is 1.08. The molecule has 0 unspecified atom stereocenters. The van der Waals surface area contributed by atoms with E-state index < -0.39 is 0 Å². The van der Waals surface area contributed by atoms with Crippen molar-refractivity contribution in [3.05, 3.63) is 40.5 Å². The van der Waals surface area contributed by atoms with Gasteiger partial charge >= 0.3 is 0 Å². The van der Waals surface area contributed by atoms with Gasteiger partial charge in [0.15, 0.2) is 0 Å². The highest BCUT2D eigenvalue weighted by molar-refractivity contribution is 9.10. The lowest BCUT2D eigenvalue weighted by atomic mass is 10.2. The van der Waals surface area contributed by atoms with E-state index in [4.69, 9.17) is 0 Å². The van der Waals surface area contributed by atoms with Gasteiger partial charge < -0.3 is 0 Å². The monoisotopic (exact) mass is 267 g/mol. The Balaban J connectivity index is 2.48. The third-order valence-corrected chi connectivity index (χ3v) is 4.12. The summed E-state index contributed by atoms with van der Waals surface area (Å²) in [5, 5.41) is 0. The molecule has 1 nitrogen and oxygen atoms in total. The van der Waals surface area contributed by atoms with Gasteiger partial charge in [0.1, 0.15) is 0 Å². The van der Waals surface area contributed by atoms with Gasteiger partial charge in [-0.25, -0.2) is 0 Å². The first-order chi connectivity index (χ1) is 6.83. The number of aromatic nitrogens is 1. The van der Waals surface area contributed by atoms with Crippen LogP contribution in [-0.4, -0.2) is 4.37 Å². The van der Waals surface area contributed by atoms with E-state index in [-0.39, 0.29) is 0 Å². The molecule has 0 saturated carbocycles. The second-order valence-electron chi connectivity index (χ2n) is 2.99. The van der Waals surface area contributed by atoms with Crippen LogP contribution in [0.3, 0.4) is 0 Å². The lowest BCUT2D eigenvalue weighted by Crippen LogP contribution is -1.79. The maximum atomic E-state index is 4.41. The summed E-state index contributed by atoms with van der Waals surface area (Å²) in [7, 11) is 0. The molecule has 0 atom stereocenters. The summed E-state index contributed by atoms with van der Waals surface area (Å²) in [5.41, 5.74) is 2.38. The molecule has 0 radical (unpaired) electrons. The third-order valence-electron chi connectivity index (χ3n) is 2.07. The van der Waals surface area contributed by atoms with E-state index in [0.717, 1.165) is 16.6 Å². The van der Waals surface area contributed by atoms with Gasteiger partial charge in [0.05, 0.1) is 15.0 Å². The Kier molecular flexibility index (Phi) is 2.99. The second-order valence-corrected chi connectivity index (χ2v) is 4.56. The predicted molar refractivity (Wildman–Crippen MR) is 64.6 cm³/mol. The molecule has 1 aromatic heterocycles. The van der Waals surface area contributed by atoms with Crippen LogP contribution in [0.25, 0.3) is 10.4 Å². The Morgan fingerprint density at radius 3 is 2.57 bits per heavy atom. The first kappa shape index (κ1) is 9.87. The molecule has 1 heterocycles. The zero-order valence-electron chi connectivity index (χ0n) is 7.83. The molecule has 0 bridgehead atoms. The van der Waals surface area contributed by atoms with E-state index in [0.29, 0.717) is 0 Å². The Hall–Kier alpha value is -0.670. The Labute approximate surface area is 96.1 Å². The maximum absolute atomic E-state index is 4.41. The van der Waals surface area contributed by atoms with Crippen molar-refractivity contribution in [1.82, 2.24) is 4.37 Å². The van der Waals surface area contributed by atoms with Gasteiger partial charge in [0, 0.05) is 0 Å². The fourth-order valence-corrected chi connectivity index (χ4v) is 3.09. The molecular weight excluding hydrogens is 258 g/mol. The minimum atomic E-state index is 0.976. The molecule has 0 aliphatic rings. The van der Waals surface area contributed by atoms with Crippen LogP contribution in [0.4, 0.5) is 0 Å². The van der Waals surface area contributed by atoms with Crippen molar-refractivity contribution in [1.29, 1.82) is 0 Å². The molecule has 0 N–H and O–H groups in total. The molecule has 2 aromatic rings. The molecule has 0 aliphatic heterocycles. The number of hydrogen-bond donors (Lipinski definition) is 0. The van der Waals surface area contributed by atoms with Crippen LogP contribution in [-0.2, 0) is 6.42 Å². The summed E-state index contributed by atoms with van der Waals surface area (Å²) >= 11 is 5.15. The van der Waals surface area contributed by atoms with Gasteiger partial charge in [0.25, 0.3) is 0 Å². The summed E-state index contributed by atoms with van der Waals surface area (Å²) < 4.78 is 5.55. The van der Waals surface area contributed by atoms with Crippen LogP contribution < -0.4 is 0 Å². The van der Waals surface area contributed by atoms with E-state index in [1.165, 1.54) is 10.4 Å². The van der Waals surface area contributed by atoms with E-state index in [9.17, 15) is 0 Å². The standard InChI is InChI=1S/C11H10BrNS/c1-2-9-10(12)11(14-13-9)8-6-4-3-5-7-8/h3-7H,2H2,1H3. The normalized spacial score (nSPS) is 10.4. The molecule has 3 heteroatoms. The molecule has 72 valence electrons. The van der Waals surface area contributed by atoms with Crippen LogP contribution in [0.5, 0.6) is 0 Å². The molecule has 0 saturated heterocycles. The molecule has 0 aliphatic carbocycles. The minimum absolute atomic E-state index is 0.976. The number of aryl methyl sites for hydroxylation is 1. The third kappa shape index (κ3) is 1.74. The highest BCUT2D eigenvalue weighted by atomic mass is 79.9. The zero-order valence-corrected chi connectivity index (χ0v) is 10.2. The van der Waals surface area contributed by atoms with Crippen LogP contribution in [0.2, 0.25) is 0 Å². The fraction of sp³-hybridized carbons (Fsp3) is 0.182. The van der Waals surface area contributed by atoms with Crippen molar-refractivity contribution < 1.29 is 0 Å². The Morgan fingerprint density at radius 1 is 1.29 bits per heavy atom. The van der Waals surface area contributed by atoms with Crippen LogP contribution >= 0.6 is 27.5 Å². The Morgan fingerprint density at radius 2 is 2.00 bits per heavy atom. The van der Waals surface area contributed by atoms with Crippen LogP contribution in [0, 0.1) is 0 Å². The van der Waals surface area contributed by atoms with Gasteiger partial charge in [-0.05, 0) is 39.4 Å². The molecule has 2 rings (SSSR count). The van der Waals surface area contributed by atoms with Gasteiger partial charge in [0.2, 0.25) is 0 Å². The summed E-state index contributed by atoms with van der Waals surface area (Å²) in [4.78, 5) is 1.22. The number of nitrogens with zero attached hydrogens (tertiary/aromatic N) is 1. The van der Waals surface area contributed by atoms with Crippen molar-refractivity contribution in [3.63, 3.8) is 0 Å². The fourth-order valence-electron chi connectivity index (χ4n) is 1.30. The number of rotatable bonds is 2. The predicted octanol–water partition coefficient (Wildman–Crippen LogP) is 4.14. The molecular formula is C11H10BrNS. The second kappa shape index (κ2) is 4.24. The van der Waals surface area contributed by atoms with E-state index in [2.05, 4.69) is 39.4 Å². The first-order valence-corrected chi connectivity index (χ1v) is 6.09. The minimum Gasteiger partial charge on any atom is -0.196 e. The largest absolute Gasteiger partial charge is 0.196 e. The van der Waals surface area contributed by atoms with Gasteiger partial charge in [-0.2, -0.15) is 4.37 Å². The van der Waals surface area contributed by atoms with E-state index >= 15 is 0 Å². The Bertz CT molecular complexity index is 422. The molecule has 0 spiro atoms. The van der Waals surface area contributed by atoms with Crippen molar-refractivity contribution >= 4 is 27.5 Å². The average molecular weight is 268 g/mol. The summed E-state index contributed by atoms with van der Waals surface area (Å²) in [5.74, 6) is 0. The number of hydrogen-bond acceptors (Lipinski definition) is 2. The van der Waals surface area contributed by atoms with E-state index in [1.807, 2.05) is 18.2 Å². The lowest BCUT2D eigenvalue weighted by Gasteiger charge is -1.96. The van der Waals surface area contributed by atoms with Gasteiger partial charge in [-0.15, -0.1) is 0 Å². The molecule has 0 fully saturated rings. The van der Waals surface area contributed by atoms with E-state index in [1.54, 1.807) is 11.5 Å². The topological polar surface area (TPSA) is 12.9 Å². The van der Waals surface area contributed by atoms with Crippen molar-refractivity contribution in [3.8, 4) is 10.4 Å². The number of benzene rings is 1.